The molecule has 0 saturated heterocycles. The zero-order chi connectivity index (χ0) is 9.00. The van der Waals surface area contributed by atoms with Crippen molar-refractivity contribution < 1.29 is 4.79 Å². The second-order valence-electron chi connectivity index (χ2n) is 5.47. The van der Waals surface area contributed by atoms with Crippen LogP contribution in [0.25, 0.3) is 0 Å². The van der Waals surface area contributed by atoms with Gasteiger partial charge in [-0.3, -0.25) is 4.79 Å². The van der Waals surface area contributed by atoms with Crippen molar-refractivity contribution in [2.24, 2.45) is 29.6 Å². The molecule has 72 valence electrons. The van der Waals surface area contributed by atoms with Crippen molar-refractivity contribution in [1.29, 1.82) is 0 Å². The van der Waals surface area contributed by atoms with E-state index in [0.717, 1.165) is 30.1 Å². The van der Waals surface area contributed by atoms with Crippen molar-refractivity contribution in [1.82, 2.24) is 0 Å². The van der Waals surface area contributed by atoms with Crippen LogP contribution >= 0.6 is 0 Å². The lowest BCUT2D eigenvalue weighted by Crippen LogP contribution is -2.34. The highest BCUT2D eigenvalue weighted by molar-refractivity contribution is 5.81. The Morgan fingerprint density at radius 2 is 1.77 bits per heavy atom. The van der Waals surface area contributed by atoms with Crippen LogP contribution in [0.1, 0.15) is 39.0 Å². The highest BCUT2D eigenvalue weighted by Crippen LogP contribution is 2.57. The fourth-order valence-corrected chi connectivity index (χ4v) is 4.19. The van der Waals surface area contributed by atoms with Gasteiger partial charge in [0, 0.05) is 12.3 Å². The third kappa shape index (κ3) is 1.02. The van der Waals surface area contributed by atoms with Crippen molar-refractivity contribution in [2.45, 2.75) is 39.0 Å². The summed E-state index contributed by atoms with van der Waals surface area (Å²) in [5.74, 6) is 4.61. The Kier molecular flexibility index (Phi) is 1.59. The number of Topliss-reactive ketones (excluding diaryl/α,β-unsaturated/α-hetero) is 1. The van der Waals surface area contributed by atoms with Crippen LogP contribution in [0.5, 0.6) is 0 Å². The molecule has 0 aromatic heterocycles. The van der Waals surface area contributed by atoms with Gasteiger partial charge in [-0.1, -0.05) is 6.92 Å². The summed E-state index contributed by atoms with van der Waals surface area (Å²) in [5, 5.41) is 0. The van der Waals surface area contributed by atoms with Crippen molar-refractivity contribution in [3.63, 3.8) is 0 Å². The summed E-state index contributed by atoms with van der Waals surface area (Å²) in [6.07, 6.45) is 6.48. The van der Waals surface area contributed by atoms with E-state index >= 15 is 0 Å². The molecule has 5 atom stereocenters. The van der Waals surface area contributed by atoms with E-state index < -0.39 is 0 Å². The third-order valence-electron chi connectivity index (χ3n) is 4.89. The summed E-state index contributed by atoms with van der Waals surface area (Å²) >= 11 is 0. The van der Waals surface area contributed by atoms with Crippen LogP contribution in [0.3, 0.4) is 0 Å². The Bertz CT molecular complexity index is 246. The smallest absolute Gasteiger partial charge is 0.136 e. The quantitative estimate of drug-likeness (QED) is 0.557. The first-order valence-electron chi connectivity index (χ1n) is 5.78. The second kappa shape index (κ2) is 2.59. The van der Waals surface area contributed by atoms with Gasteiger partial charge < -0.3 is 0 Å². The predicted molar refractivity (Wildman–Crippen MR) is 51.2 cm³/mol. The van der Waals surface area contributed by atoms with E-state index in [1.54, 1.807) is 0 Å². The largest absolute Gasteiger partial charge is 0.299 e. The normalized spacial score (nSPS) is 53.9. The number of carbonyl (C=O) groups excluding carboxylic acids is 1. The zero-order valence-corrected chi connectivity index (χ0v) is 8.33. The van der Waals surface area contributed by atoms with Crippen LogP contribution in [0.15, 0.2) is 0 Å². The number of hydrogen-bond acceptors (Lipinski definition) is 1. The van der Waals surface area contributed by atoms with Gasteiger partial charge in [0.05, 0.1) is 0 Å². The van der Waals surface area contributed by atoms with E-state index in [0.29, 0.717) is 11.7 Å². The van der Waals surface area contributed by atoms with E-state index in [1.807, 2.05) is 0 Å². The fraction of sp³-hybridized carbons (Fsp3) is 0.917. The Morgan fingerprint density at radius 1 is 1.08 bits per heavy atom. The molecule has 2 bridgehead atoms. The molecule has 0 aliphatic heterocycles. The van der Waals surface area contributed by atoms with Crippen LogP contribution < -0.4 is 0 Å². The second-order valence-corrected chi connectivity index (χ2v) is 5.47. The first-order valence-corrected chi connectivity index (χ1v) is 5.78. The summed E-state index contributed by atoms with van der Waals surface area (Å²) in [5.41, 5.74) is 0. The molecule has 1 heteroatoms. The Balaban J connectivity index is 1.84. The molecule has 3 aliphatic carbocycles. The molecular weight excluding hydrogens is 160 g/mol. The highest BCUT2D eigenvalue weighted by Gasteiger charge is 2.50. The minimum absolute atomic E-state index is 0.376. The highest BCUT2D eigenvalue weighted by atomic mass is 16.1. The molecule has 3 saturated carbocycles. The molecule has 3 rings (SSSR count). The van der Waals surface area contributed by atoms with Crippen molar-refractivity contribution in [3.8, 4) is 0 Å². The lowest BCUT2D eigenvalue weighted by molar-refractivity contribution is -0.127. The summed E-state index contributed by atoms with van der Waals surface area (Å²) in [6.45, 7) is 2.13. The molecule has 0 amide bonds. The molecule has 3 aliphatic rings. The summed E-state index contributed by atoms with van der Waals surface area (Å²) in [6, 6.07) is 0. The number of fused-ring (bicyclic) bond motifs is 5. The van der Waals surface area contributed by atoms with Gasteiger partial charge in [-0.25, -0.2) is 0 Å². The van der Waals surface area contributed by atoms with Crippen molar-refractivity contribution in [3.05, 3.63) is 0 Å². The van der Waals surface area contributed by atoms with E-state index in [-0.39, 0.29) is 0 Å². The standard InChI is InChI=1S/C12H18O/c1-7-4-10-8-2-3-9(5-8)11(10)6-12(7)13/h7-11H,2-6H2,1H3/t7-,8+,9+,10+,11-/m1/s1. The van der Waals surface area contributed by atoms with Gasteiger partial charge in [-0.15, -0.1) is 0 Å². The molecule has 0 aromatic rings. The summed E-state index contributed by atoms with van der Waals surface area (Å²) in [7, 11) is 0. The van der Waals surface area contributed by atoms with Gasteiger partial charge >= 0.3 is 0 Å². The SMILES string of the molecule is C[C@@H]1C[C@H]2[C@H]3CC[C@@H](C3)[C@H]2CC1=O. The molecule has 1 nitrogen and oxygen atoms in total. The Labute approximate surface area is 79.9 Å². The summed E-state index contributed by atoms with van der Waals surface area (Å²) < 4.78 is 0. The molecule has 3 fully saturated rings. The van der Waals surface area contributed by atoms with E-state index in [2.05, 4.69) is 6.92 Å². The number of carbonyl (C=O) groups is 1. The maximum Gasteiger partial charge on any atom is 0.136 e. The Morgan fingerprint density at radius 3 is 2.54 bits per heavy atom. The van der Waals surface area contributed by atoms with Crippen LogP contribution in [-0.2, 0) is 4.79 Å². The first-order chi connectivity index (χ1) is 6.25. The first kappa shape index (κ1) is 8.02. The maximum atomic E-state index is 11.6. The number of ketones is 1. The zero-order valence-electron chi connectivity index (χ0n) is 8.33. The van der Waals surface area contributed by atoms with Crippen molar-refractivity contribution in [2.75, 3.05) is 0 Å². The molecule has 0 aromatic carbocycles. The number of rotatable bonds is 0. The molecule has 0 heterocycles. The minimum Gasteiger partial charge on any atom is -0.299 e. The molecule has 0 N–H and O–H groups in total. The van der Waals surface area contributed by atoms with Crippen LogP contribution in [0.2, 0.25) is 0 Å². The van der Waals surface area contributed by atoms with Crippen molar-refractivity contribution >= 4 is 5.78 Å². The topological polar surface area (TPSA) is 17.1 Å². The Hall–Kier alpha value is -0.330. The average Bonchev–Trinajstić information content (AvgIpc) is 2.67. The lowest BCUT2D eigenvalue weighted by atomic mass is 9.67. The maximum absolute atomic E-state index is 11.6. The van der Waals surface area contributed by atoms with Crippen LogP contribution in [0, 0.1) is 29.6 Å². The lowest BCUT2D eigenvalue weighted by Gasteiger charge is -2.36. The monoisotopic (exact) mass is 178 g/mol. The summed E-state index contributed by atoms with van der Waals surface area (Å²) in [4.78, 5) is 11.6. The van der Waals surface area contributed by atoms with Gasteiger partial charge in [0.2, 0.25) is 0 Å². The van der Waals surface area contributed by atoms with Gasteiger partial charge in [0.1, 0.15) is 5.78 Å². The minimum atomic E-state index is 0.376. The molecule has 0 unspecified atom stereocenters. The number of hydrogen-bond donors (Lipinski definition) is 0. The predicted octanol–water partition coefficient (Wildman–Crippen LogP) is 2.65. The van der Waals surface area contributed by atoms with Gasteiger partial charge in [-0.05, 0) is 49.4 Å². The van der Waals surface area contributed by atoms with E-state index in [9.17, 15) is 4.79 Å². The molecule has 0 radical (unpaired) electrons. The molecule has 13 heavy (non-hydrogen) atoms. The third-order valence-corrected chi connectivity index (χ3v) is 4.89. The average molecular weight is 178 g/mol. The van der Waals surface area contributed by atoms with Gasteiger partial charge in [0.25, 0.3) is 0 Å². The molecular formula is C12H18O. The molecule has 0 spiro atoms. The van der Waals surface area contributed by atoms with E-state index in [1.165, 1.54) is 25.7 Å². The van der Waals surface area contributed by atoms with Crippen LogP contribution in [-0.4, -0.2) is 5.78 Å². The van der Waals surface area contributed by atoms with Gasteiger partial charge in [-0.2, -0.15) is 0 Å². The fourth-order valence-electron chi connectivity index (χ4n) is 4.19. The van der Waals surface area contributed by atoms with Gasteiger partial charge in [0.15, 0.2) is 0 Å². The van der Waals surface area contributed by atoms with Crippen LogP contribution in [0.4, 0.5) is 0 Å². The van der Waals surface area contributed by atoms with E-state index in [4.69, 9.17) is 0 Å².